The molecule has 1 saturated heterocycles. The lowest BCUT2D eigenvalue weighted by Gasteiger charge is -2.29. The first-order chi connectivity index (χ1) is 16.0. The van der Waals surface area contributed by atoms with E-state index in [0.29, 0.717) is 48.5 Å². The van der Waals surface area contributed by atoms with Gasteiger partial charge in [-0.15, -0.1) is 0 Å². The number of carboxylic acid groups (broad SMARTS) is 1. The van der Waals surface area contributed by atoms with Crippen LogP contribution in [0.4, 0.5) is 17.5 Å². The van der Waals surface area contributed by atoms with Crippen LogP contribution in [0.1, 0.15) is 11.1 Å². The van der Waals surface area contributed by atoms with Crippen LogP contribution in [0.3, 0.4) is 0 Å². The SMILES string of the molecule is N#Cc1cc(Cl)cc(Nc2ncc(-c3cccc(C=CC(=O)O)c3)c(N3CCOCC3)n2)c1. The van der Waals surface area contributed by atoms with Gasteiger partial charge in [-0.1, -0.05) is 29.8 Å². The van der Waals surface area contributed by atoms with E-state index in [9.17, 15) is 10.1 Å². The summed E-state index contributed by atoms with van der Waals surface area (Å²) in [4.78, 5) is 22.3. The number of hydrogen-bond acceptors (Lipinski definition) is 7. The maximum atomic E-state index is 10.9. The van der Waals surface area contributed by atoms with E-state index < -0.39 is 5.97 Å². The molecule has 0 spiro atoms. The number of hydrogen-bond donors (Lipinski definition) is 2. The van der Waals surface area contributed by atoms with Crippen LogP contribution >= 0.6 is 11.6 Å². The second-order valence-electron chi connectivity index (χ2n) is 7.29. The zero-order valence-corrected chi connectivity index (χ0v) is 18.3. The number of rotatable bonds is 6. The summed E-state index contributed by atoms with van der Waals surface area (Å²) in [6.45, 7) is 2.54. The Kier molecular flexibility index (Phi) is 6.83. The van der Waals surface area contributed by atoms with Gasteiger partial charge in [-0.05, 0) is 41.5 Å². The average molecular weight is 462 g/mol. The Labute approximate surface area is 195 Å². The van der Waals surface area contributed by atoms with Gasteiger partial charge in [-0.25, -0.2) is 9.78 Å². The van der Waals surface area contributed by atoms with Gasteiger partial charge in [-0.3, -0.25) is 0 Å². The fourth-order valence-corrected chi connectivity index (χ4v) is 3.72. The van der Waals surface area contributed by atoms with Gasteiger partial charge in [0.25, 0.3) is 0 Å². The van der Waals surface area contributed by atoms with Gasteiger partial charge in [0.1, 0.15) is 5.82 Å². The Morgan fingerprint density at radius 3 is 2.82 bits per heavy atom. The Morgan fingerprint density at radius 1 is 1.24 bits per heavy atom. The number of aromatic nitrogens is 2. The van der Waals surface area contributed by atoms with Crippen LogP contribution in [0, 0.1) is 11.3 Å². The fraction of sp³-hybridized carbons (Fsp3) is 0.167. The first-order valence-corrected chi connectivity index (χ1v) is 10.6. The van der Waals surface area contributed by atoms with E-state index >= 15 is 0 Å². The highest BCUT2D eigenvalue weighted by Crippen LogP contribution is 2.32. The number of nitrogens with zero attached hydrogens (tertiary/aromatic N) is 4. The molecule has 0 aliphatic carbocycles. The lowest BCUT2D eigenvalue weighted by Crippen LogP contribution is -2.37. The Balaban J connectivity index is 1.72. The molecule has 0 unspecified atom stereocenters. The molecule has 2 heterocycles. The van der Waals surface area contributed by atoms with Crippen molar-refractivity contribution in [3.05, 3.63) is 70.9 Å². The van der Waals surface area contributed by atoms with E-state index in [4.69, 9.17) is 26.4 Å². The minimum absolute atomic E-state index is 0.369. The number of nitriles is 1. The predicted octanol–water partition coefficient (Wildman–Crippen LogP) is 4.35. The Hall–Kier alpha value is -3.93. The van der Waals surface area contributed by atoms with Crippen LogP contribution < -0.4 is 10.2 Å². The molecule has 2 N–H and O–H groups in total. The standard InChI is InChI=1S/C24H20ClN5O3/c25-19-11-17(14-26)12-20(13-19)28-24-27-15-21(23(29-24)30-6-8-33-9-7-30)18-3-1-2-16(10-18)4-5-22(31)32/h1-5,10-13,15H,6-9H2,(H,31,32)(H,27,28,29). The number of morpholine rings is 1. The van der Waals surface area contributed by atoms with Crippen LogP contribution in [0.25, 0.3) is 17.2 Å². The van der Waals surface area contributed by atoms with Gasteiger partial charge in [0.15, 0.2) is 0 Å². The summed E-state index contributed by atoms with van der Waals surface area (Å²) in [5.41, 5.74) is 3.48. The summed E-state index contributed by atoms with van der Waals surface area (Å²) >= 11 is 6.12. The molecular formula is C24H20ClN5O3. The predicted molar refractivity (Wildman–Crippen MR) is 127 cm³/mol. The first kappa shape index (κ1) is 22.3. The summed E-state index contributed by atoms with van der Waals surface area (Å²) in [6, 6.07) is 14.6. The van der Waals surface area contributed by atoms with Crippen LogP contribution in [0.15, 0.2) is 54.7 Å². The number of anilines is 3. The zero-order chi connectivity index (χ0) is 23.2. The minimum atomic E-state index is -1.01. The Morgan fingerprint density at radius 2 is 2.06 bits per heavy atom. The second kappa shape index (κ2) is 10.1. The first-order valence-electron chi connectivity index (χ1n) is 10.2. The third-order valence-electron chi connectivity index (χ3n) is 4.98. The van der Waals surface area contributed by atoms with Crippen LogP contribution in [0.2, 0.25) is 5.02 Å². The van der Waals surface area contributed by atoms with Gasteiger partial charge in [0.05, 0.1) is 24.8 Å². The van der Waals surface area contributed by atoms with E-state index in [0.717, 1.165) is 28.6 Å². The summed E-state index contributed by atoms with van der Waals surface area (Å²) in [6.07, 6.45) is 4.38. The number of nitrogens with one attached hydrogen (secondary N) is 1. The highest BCUT2D eigenvalue weighted by atomic mass is 35.5. The molecule has 0 amide bonds. The number of aliphatic carboxylic acids is 1. The van der Waals surface area contributed by atoms with Gasteiger partial charge < -0.3 is 20.1 Å². The molecule has 3 aromatic rings. The summed E-state index contributed by atoms with van der Waals surface area (Å²) in [7, 11) is 0. The molecule has 0 radical (unpaired) electrons. The second-order valence-corrected chi connectivity index (χ2v) is 7.73. The summed E-state index contributed by atoms with van der Waals surface area (Å²) < 4.78 is 5.49. The molecular weight excluding hydrogens is 442 g/mol. The van der Waals surface area contributed by atoms with Crippen molar-refractivity contribution >= 4 is 41.1 Å². The molecule has 1 aliphatic heterocycles. The third-order valence-corrected chi connectivity index (χ3v) is 5.20. The van der Waals surface area contributed by atoms with E-state index in [2.05, 4.69) is 21.3 Å². The monoisotopic (exact) mass is 461 g/mol. The number of carbonyl (C=O) groups is 1. The van der Waals surface area contributed by atoms with Crippen molar-refractivity contribution in [2.75, 3.05) is 36.5 Å². The number of carboxylic acids is 1. The van der Waals surface area contributed by atoms with Crippen molar-refractivity contribution in [3.63, 3.8) is 0 Å². The summed E-state index contributed by atoms with van der Waals surface area (Å²) in [5, 5.41) is 21.7. The van der Waals surface area contributed by atoms with Gasteiger partial charge in [-0.2, -0.15) is 10.2 Å². The molecule has 8 nitrogen and oxygen atoms in total. The Bertz CT molecular complexity index is 1250. The van der Waals surface area contributed by atoms with Crippen LogP contribution in [-0.2, 0) is 9.53 Å². The van der Waals surface area contributed by atoms with Gasteiger partial charge in [0.2, 0.25) is 5.95 Å². The molecule has 166 valence electrons. The third kappa shape index (κ3) is 5.66. The van der Waals surface area contributed by atoms with Crippen LogP contribution in [-0.4, -0.2) is 47.3 Å². The molecule has 0 bridgehead atoms. The zero-order valence-electron chi connectivity index (χ0n) is 17.5. The van der Waals surface area contributed by atoms with Crippen molar-refractivity contribution in [1.82, 2.24) is 9.97 Å². The van der Waals surface area contributed by atoms with E-state index in [1.54, 1.807) is 30.5 Å². The lowest BCUT2D eigenvalue weighted by molar-refractivity contribution is -0.131. The molecule has 0 saturated carbocycles. The molecule has 9 heteroatoms. The highest BCUT2D eigenvalue weighted by molar-refractivity contribution is 6.31. The van der Waals surface area contributed by atoms with Crippen molar-refractivity contribution in [2.45, 2.75) is 0 Å². The number of ether oxygens (including phenoxy) is 1. The molecule has 0 atom stereocenters. The highest BCUT2D eigenvalue weighted by Gasteiger charge is 2.19. The van der Waals surface area contributed by atoms with E-state index in [-0.39, 0.29) is 0 Å². The van der Waals surface area contributed by atoms with Crippen molar-refractivity contribution < 1.29 is 14.6 Å². The van der Waals surface area contributed by atoms with E-state index in [1.165, 1.54) is 0 Å². The molecule has 1 aromatic heterocycles. The number of halogens is 1. The molecule has 1 aliphatic rings. The largest absolute Gasteiger partial charge is 0.478 e. The normalized spacial score (nSPS) is 13.6. The van der Waals surface area contributed by atoms with Crippen molar-refractivity contribution in [1.29, 1.82) is 5.26 Å². The molecule has 4 rings (SSSR count). The fourth-order valence-electron chi connectivity index (χ4n) is 3.49. The van der Waals surface area contributed by atoms with Gasteiger partial charge in [0, 0.05) is 41.6 Å². The molecule has 1 fully saturated rings. The average Bonchev–Trinajstić information content (AvgIpc) is 2.83. The lowest BCUT2D eigenvalue weighted by atomic mass is 10.0. The smallest absolute Gasteiger partial charge is 0.328 e. The maximum Gasteiger partial charge on any atom is 0.328 e. The quantitative estimate of drug-likeness (QED) is 0.521. The number of benzene rings is 2. The molecule has 33 heavy (non-hydrogen) atoms. The maximum absolute atomic E-state index is 10.9. The van der Waals surface area contributed by atoms with Crippen LogP contribution in [0.5, 0.6) is 0 Å². The molecule has 2 aromatic carbocycles. The van der Waals surface area contributed by atoms with E-state index in [1.807, 2.05) is 24.3 Å². The minimum Gasteiger partial charge on any atom is -0.478 e. The summed E-state index contributed by atoms with van der Waals surface area (Å²) in [5.74, 6) is 0.0970. The topological polar surface area (TPSA) is 111 Å². The van der Waals surface area contributed by atoms with Crippen molar-refractivity contribution in [3.8, 4) is 17.2 Å². The van der Waals surface area contributed by atoms with Gasteiger partial charge >= 0.3 is 5.97 Å². The van der Waals surface area contributed by atoms with Crippen molar-refractivity contribution in [2.24, 2.45) is 0 Å².